The van der Waals surface area contributed by atoms with E-state index in [1.165, 1.54) is 32.1 Å². The predicted octanol–water partition coefficient (Wildman–Crippen LogP) is 1.93. The van der Waals surface area contributed by atoms with Crippen molar-refractivity contribution in [3.63, 3.8) is 0 Å². The van der Waals surface area contributed by atoms with E-state index in [4.69, 9.17) is 4.74 Å². The Morgan fingerprint density at radius 1 is 1.32 bits per heavy atom. The second-order valence-corrected chi connectivity index (χ2v) is 6.40. The molecule has 0 bridgehead atoms. The molecule has 2 unspecified atom stereocenters. The summed E-state index contributed by atoms with van der Waals surface area (Å²) in [6.07, 6.45) is 8.41. The third-order valence-corrected chi connectivity index (χ3v) is 4.55. The van der Waals surface area contributed by atoms with Crippen molar-refractivity contribution in [2.75, 3.05) is 20.7 Å². The summed E-state index contributed by atoms with van der Waals surface area (Å²) >= 11 is 0. The number of hydrogen-bond donors (Lipinski definition) is 1. The quantitative estimate of drug-likeness (QED) is 0.850. The molecule has 0 aromatic rings. The van der Waals surface area contributed by atoms with Gasteiger partial charge in [0.05, 0.1) is 11.6 Å². The molecule has 0 aromatic heterocycles. The van der Waals surface area contributed by atoms with Gasteiger partial charge in [0, 0.05) is 26.7 Å². The van der Waals surface area contributed by atoms with Gasteiger partial charge in [-0.15, -0.1) is 0 Å². The number of ether oxygens (including phenoxy) is 1. The maximum atomic E-state index is 11.9. The summed E-state index contributed by atoms with van der Waals surface area (Å²) in [6.45, 7) is 2.80. The van der Waals surface area contributed by atoms with Crippen molar-refractivity contribution in [2.24, 2.45) is 0 Å². The second kappa shape index (κ2) is 6.23. The molecular formula is C15H28N2O2. The minimum absolute atomic E-state index is 0.0984. The van der Waals surface area contributed by atoms with E-state index in [9.17, 15) is 4.79 Å². The van der Waals surface area contributed by atoms with Crippen molar-refractivity contribution in [2.45, 2.75) is 69.6 Å². The Morgan fingerprint density at radius 3 is 2.63 bits per heavy atom. The van der Waals surface area contributed by atoms with Crippen LogP contribution >= 0.6 is 0 Å². The van der Waals surface area contributed by atoms with Gasteiger partial charge in [-0.2, -0.15) is 0 Å². The van der Waals surface area contributed by atoms with E-state index in [1.807, 2.05) is 21.0 Å². The highest BCUT2D eigenvalue weighted by Gasteiger charge is 2.39. The zero-order valence-corrected chi connectivity index (χ0v) is 12.6. The summed E-state index contributed by atoms with van der Waals surface area (Å²) in [4.78, 5) is 13.6. The third kappa shape index (κ3) is 3.69. The van der Waals surface area contributed by atoms with Crippen molar-refractivity contribution >= 4 is 5.91 Å². The molecule has 4 nitrogen and oxygen atoms in total. The highest BCUT2D eigenvalue weighted by atomic mass is 16.5. The van der Waals surface area contributed by atoms with E-state index < -0.39 is 0 Å². The van der Waals surface area contributed by atoms with Gasteiger partial charge >= 0.3 is 0 Å². The molecule has 1 saturated heterocycles. The number of carbonyl (C=O) groups is 1. The smallest absolute Gasteiger partial charge is 0.238 e. The lowest BCUT2D eigenvalue weighted by molar-refractivity contribution is -0.132. The first-order valence-corrected chi connectivity index (χ1v) is 7.64. The van der Waals surface area contributed by atoms with Crippen molar-refractivity contribution in [1.29, 1.82) is 0 Å². The van der Waals surface area contributed by atoms with Gasteiger partial charge in [-0.05, 0) is 32.6 Å². The third-order valence-electron chi connectivity index (χ3n) is 4.55. The molecule has 1 spiro atoms. The number of amides is 1. The molecule has 1 aliphatic carbocycles. The van der Waals surface area contributed by atoms with E-state index in [1.54, 1.807) is 4.90 Å². The summed E-state index contributed by atoms with van der Waals surface area (Å²) in [6, 6.07) is 0.324. The maximum absolute atomic E-state index is 11.9. The van der Waals surface area contributed by atoms with Crippen LogP contribution in [-0.4, -0.2) is 49.2 Å². The number of likely N-dealkylation sites (N-methyl/N-ethyl adjacent to an activating group) is 1. The normalized spacial score (nSPS) is 28.1. The molecule has 0 radical (unpaired) electrons. The largest absolute Gasteiger partial charge is 0.375 e. The first-order chi connectivity index (χ1) is 9.02. The molecular weight excluding hydrogens is 240 g/mol. The molecule has 4 heteroatoms. The van der Waals surface area contributed by atoms with Crippen molar-refractivity contribution in [1.82, 2.24) is 10.2 Å². The molecule has 1 saturated carbocycles. The molecule has 1 heterocycles. The molecule has 2 aliphatic rings. The van der Waals surface area contributed by atoms with Crippen LogP contribution in [0.5, 0.6) is 0 Å². The summed E-state index contributed by atoms with van der Waals surface area (Å²) in [5.41, 5.74) is 0.106. The fourth-order valence-electron chi connectivity index (χ4n) is 3.53. The second-order valence-electron chi connectivity index (χ2n) is 6.40. The number of nitrogens with zero attached hydrogens (tertiary/aromatic N) is 1. The van der Waals surface area contributed by atoms with Crippen LogP contribution in [0.15, 0.2) is 0 Å². The maximum Gasteiger partial charge on any atom is 0.238 e. The average molecular weight is 268 g/mol. The Hall–Kier alpha value is -0.610. The minimum Gasteiger partial charge on any atom is -0.375 e. The summed E-state index contributed by atoms with van der Waals surface area (Å²) in [5.74, 6) is 0.157. The summed E-state index contributed by atoms with van der Waals surface area (Å²) in [5, 5.41) is 3.50. The zero-order chi connectivity index (χ0) is 13.9. The SMILES string of the molecule is CC(NC1CCOC2(CCCCC2)C1)C(=O)N(C)C. The van der Waals surface area contributed by atoms with Crippen LogP contribution in [0.25, 0.3) is 0 Å². The highest BCUT2D eigenvalue weighted by molar-refractivity contribution is 5.80. The molecule has 0 aromatic carbocycles. The highest BCUT2D eigenvalue weighted by Crippen LogP contribution is 2.38. The number of nitrogens with one attached hydrogen (secondary N) is 1. The molecule has 1 N–H and O–H groups in total. The fourth-order valence-corrected chi connectivity index (χ4v) is 3.53. The topological polar surface area (TPSA) is 41.6 Å². The lowest BCUT2D eigenvalue weighted by Crippen LogP contribution is -2.52. The van der Waals surface area contributed by atoms with Gasteiger partial charge in [0.25, 0.3) is 0 Å². The Labute approximate surface area is 116 Å². The van der Waals surface area contributed by atoms with Crippen molar-refractivity contribution < 1.29 is 9.53 Å². The Balaban J connectivity index is 1.88. The number of rotatable bonds is 3. The molecule has 110 valence electrons. The molecule has 1 amide bonds. The van der Waals surface area contributed by atoms with Gasteiger partial charge in [0.2, 0.25) is 5.91 Å². The van der Waals surface area contributed by atoms with E-state index in [0.717, 1.165) is 19.4 Å². The average Bonchev–Trinajstić information content (AvgIpc) is 2.38. The van der Waals surface area contributed by atoms with E-state index in [-0.39, 0.29) is 17.6 Å². The van der Waals surface area contributed by atoms with Gasteiger partial charge in [-0.3, -0.25) is 4.79 Å². The first-order valence-electron chi connectivity index (χ1n) is 7.64. The van der Waals surface area contributed by atoms with Crippen LogP contribution in [-0.2, 0) is 9.53 Å². The summed E-state index contributed by atoms with van der Waals surface area (Å²) in [7, 11) is 3.63. The van der Waals surface area contributed by atoms with Crippen LogP contribution in [0.3, 0.4) is 0 Å². The van der Waals surface area contributed by atoms with Crippen molar-refractivity contribution in [3.8, 4) is 0 Å². The molecule has 2 rings (SSSR count). The van der Waals surface area contributed by atoms with Crippen molar-refractivity contribution in [3.05, 3.63) is 0 Å². The predicted molar refractivity (Wildman–Crippen MR) is 76.1 cm³/mol. The lowest BCUT2D eigenvalue weighted by Gasteiger charge is -2.44. The fraction of sp³-hybridized carbons (Fsp3) is 0.933. The van der Waals surface area contributed by atoms with Gasteiger partial charge in [-0.25, -0.2) is 0 Å². The molecule has 2 fully saturated rings. The molecule has 1 aliphatic heterocycles. The Bertz CT molecular complexity index is 306. The molecule has 2 atom stereocenters. The van der Waals surface area contributed by atoms with Crippen LogP contribution in [0.2, 0.25) is 0 Å². The monoisotopic (exact) mass is 268 g/mol. The molecule has 19 heavy (non-hydrogen) atoms. The zero-order valence-electron chi connectivity index (χ0n) is 12.6. The first kappa shape index (κ1) is 14.8. The summed E-state index contributed by atoms with van der Waals surface area (Å²) < 4.78 is 6.09. The van der Waals surface area contributed by atoms with Crippen LogP contribution in [0.1, 0.15) is 51.9 Å². The van der Waals surface area contributed by atoms with Crippen LogP contribution < -0.4 is 5.32 Å². The lowest BCUT2D eigenvalue weighted by atomic mass is 9.78. The Kier molecular flexibility index (Phi) is 4.85. The van der Waals surface area contributed by atoms with Gasteiger partial charge in [-0.1, -0.05) is 19.3 Å². The van der Waals surface area contributed by atoms with Gasteiger partial charge in [0.15, 0.2) is 0 Å². The minimum atomic E-state index is -0.0984. The van der Waals surface area contributed by atoms with E-state index >= 15 is 0 Å². The van der Waals surface area contributed by atoms with Crippen LogP contribution in [0, 0.1) is 0 Å². The van der Waals surface area contributed by atoms with E-state index in [0.29, 0.717) is 6.04 Å². The van der Waals surface area contributed by atoms with Gasteiger partial charge < -0.3 is 15.0 Å². The number of hydrogen-bond acceptors (Lipinski definition) is 3. The van der Waals surface area contributed by atoms with E-state index in [2.05, 4.69) is 5.32 Å². The van der Waals surface area contributed by atoms with Gasteiger partial charge in [0.1, 0.15) is 0 Å². The standard InChI is InChI=1S/C15H28N2O2/c1-12(14(18)17(2)3)16-13-7-10-19-15(11-13)8-5-4-6-9-15/h12-13,16H,4-11H2,1-3H3. The number of carbonyl (C=O) groups excluding carboxylic acids is 1. The van der Waals surface area contributed by atoms with Crippen LogP contribution in [0.4, 0.5) is 0 Å². The Morgan fingerprint density at radius 2 is 2.00 bits per heavy atom.